The maximum atomic E-state index is 13.2. The first-order valence-corrected chi connectivity index (χ1v) is 10.8. The molecule has 5 rings (SSSR count). The highest BCUT2D eigenvalue weighted by molar-refractivity contribution is 5.97. The summed E-state index contributed by atoms with van der Waals surface area (Å²) in [5.41, 5.74) is 1.73. The number of hydrogen-bond acceptors (Lipinski definition) is 3. The molecule has 1 aromatic heterocycles. The number of carbonyl (C=O) groups is 1. The van der Waals surface area contributed by atoms with E-state index < -0.39 is 0 Å². The Balaban J connectivity index is 1.36. The van der Waals surface area contributed by atoms with Crippen LogP contribution in [0, 0.1) is 0 Å². The molecule has 2 fully saturated rings. The van der Waals surface area contributed by atoms with Gasteiger partial charge in [0.15, 0.2) is 0 Å². The van der Waals surface area contributed by atoms with Crippen molar-refractivity contribution in [2.45, 2.75) is 31.7 Å². The second-order valence-electron chi connectivity index (χ2n) is 8.32. The lowest BCUT2D eigenvalue weighted by Crippen LogP contribution is -2.51. The minimum atomic E-state index is 0.0950. The van der Waals surface area contributed by atoms with Gasteiger partial charge in [0.1, 0.15) is 11.5 Å². The van der Waals surface area contributed by atoms with Crippen LogP contribution in [0.25, 0.3) is 22.2 Å². The van der Waals surface area contributed by atoms with Crippen molar-refractivity contribution >= 4 is 16.7 Å². The third-order valence-corrected chi connectivity index (χ3v) is 6.68. The van der Waals surface area contributed by atoms with Gasteiger partial charge in [0.05, 0.1) is 6.20 Å². The molecule has 2 aromatic carbocycles. The molecule has 0 radical (unpaired) electrons. The fraction of sp³-hybridized carbons (Fsp3) is 0.417. The van der Waals surface area contributed by atoms with E-state index in [-0.39, 0.29) is 5.91 Å². The Morgan fingerprint density at radius 3 is 2.48 bits per heavy atom. The van der Waals surface area contributed by atoms with Crippen LogP contribution in [0.2, 0.25) is 0 Å². The van der Waals surface area contributed by atoms with Crippen LogP contribution in [0.1, 0.15) is 36.2 Å². The average Bonchev–Trinajstić information content (AvgIpc) is 3.43. The van der Waals surface area contributed by atoms with Gasteiger partial charge in [0.2, 0.25) is 0 Å². The molecule has 3 aromatic rings. The first-order valence-electron chi connectivity index (χ1n) is 10.8. The van der Waals surface area contributed by atoms with Gasteiger partial charge in [-0.1, -0.05) is 55.3 Å². The molecule has 1 amide bonds. The Kier molecular flexibility index (Phi) is 4.84. The Labute approximate surface area is 171 Å². The van der Waals surface area contributed by atoms with Gasteiger partial charge >= 0.3 is 0 Å². The molecule has 0 atom stereocenters. The lowest BCUT2D eigenvalue weighted by Gasteiger charge is -2.38. The monoisotopic (exact) mass is 388 g/mol. The number of rotatable bonds is 3. The second kappa shape index (κ2) is 7.64. The van der Waals surface area contributed by atoms with Gasteiger partial charge in [0.25, 0.3) is 5.91 Å². The molecule has 1 aliphatic heterocycles. The molecule has 1 saturated carbocycles. The molecule has 1 saturated heterocycles. The summed E-state index contributed by atoms with van der Waals surface area (Å²) in [5, 5.41) is 2.34. The number of carbonyl (C=O) groups excluding carboxylic acids is 1. The van der Waals surface area contributed by atoms with Gasteiger partial charge in [0, 0.05) is 44.8 Å². The van der Waals surface area contributed by atoms with E-state index in [2.05, 4.69) is 40.2 Å². The fourth-order valence-electron chi connectivity index (χ4n) is 5.00. The molecular formula is C24H28N4O. The highest BCUT2D eigenvalue weighted by Gasteiger charge is 2.29. The highest BCUT2D eigenvalue weighted by atomic mass is 16.2. The van der Waals surface area contributed by atoms with Crippen LogP contribution in [0.3, 0.4) is 0 Å². The normalized spacial score (nSPS) is 18.6. The van der Waals surface area contributed by atoms with Gasteiger partial charge in [-0.05, 0) is 23.6 Å². The summed E-state index contributed by atoms with van der Waals surface area (Å²) >= 11 is 0. The summed E-state index contributed by atoms with van der Waals surface area (Å²) in [7, 11) is 1.95. The van der Waals surface area contributed by atoms with E-state index in [1.165, 1.54) is 31.1 Å². The van der Waals surface area contributed by atoms with Crippen molar-refractivity contribution in [2.75, 3.05) is 26.2 Å². The van der Waals surface area contributed by atoms with E-state index >= 15 is 0 Å². The van der Waals surface area contributed by atoms with E-state index in [0.29, 0.717) is 5.69 Å². The average molecular weight is 389 g/mol. The number of nitrogens with zero attached hydrogens (tertiary/aromatic N) is 4. The molecule has 150 valence electrons. The molecular weight excluding hydrogens is 360 g/mol. The van der Waals surface area contributed by atoms with E-state index in [9.17, 15) is 4.79 Å². The van der Waals surface area contributed by atoms with Crippen LogP contribution in [0.15, 0.2) is 48.7 Å². The zero-order valence-corrected chi connectivity index (χ0v) is 17.1. The largest absolute Gasteiger partial charge is 0.335 e. The third kappa shape index (κ3) is 3.33. The molecule has 1 aliphatic carbocycles. The Hall–Kier alpha value is -2.66. The molecule has 5 nitrogen and oxygen atoms in total. The van der Waals surface area contributed by atoms with Crippen LogP contribution >= 0.6 is 0 Å². The SMILES string of the molecule is Cn1c(C(=O)N2CCN(C3CCCC3)CC2)cnc1-c1cccc2ccccc12. The van der Waals surface area contributed by atoms with Crippen molar-refractivity contribution in [3.05, 3.63) is 54.4 Å². The Bertz CT molecular complexity index is 1020. The molecule has 5 heteroatoms. The number of hydrogen-bond donors (Lipinski definition) is 0. The van der Waals surface area contributed by atoms with Crippen LogP contribution in [-0.4, -0.2) is 57.5 Å². The smallest absolute Gasteiger partial charge is 0.272 e. The maximum Gasteiger partial charge on any atom is 0.272 e. The predicted molar refractivity (Wildman–Crippen MR) is 116 cm³/mol. The summed E-state index contributed by atoms with van der Waals surface area (Å²) in [6, 6.07) is 15.3. The topological polar surface area (TPSA) is 41.4 Å². The van der Waals surface area contributed by atoms with Gasteiger partial charge in [-0.15, -0.1) is 0 Å². The minimum absolute atomic E-state index is 0.0950. The molecule has 0 spiro atoms. The summed E-state index contributed by atoms with van der Waals surface area (Å²) in [6.07, 6.45) is 7.10. The number of benzene rings is 2. The zero-order valence-electron chi connectivity index (χ0n) is 17.1. The zero-order chi connectivity index (χ0) is 19.8. The van der Waals surface area contributed by atoms with Gasteiger partial charge in [-0.25, -0.2) is 4.98 Å². The quantitative estimate of drug-likeness (QED) is 0.682. The Morgan fingerprint density at radius 1 is 0.966 bits per heavy atom. The standard InChI is InChI=1S/C24H28N4O/c1-26-22(24(29)28-15-13-27(14-16-28)19-9-3-4-10-19)17-25-23(26)21-12-6-8-18-7-2-5-11-20(18)21/h2,5-8,11-12,17,19H,3-4,9-10,13-16H2,1H3. The van der Waals surface area contributed by atoms with Crippen molar-refractivity contribution in [2.24, 2.45) is 7.05 Å². The first-order chi connectivity index (χ1) is 14.2. The van der Waals surface area contributed by atoms with Gasteiger partial charge in [-0.3, -0.25) is 9.69 Å². The van der Waals surface area contributed by atoms with Crippen LogP contribution in [-0.2, 0) is 7.05 Å². The minimum Gasteiger partial charge on any atom is -0.335 e. The Morgan fingerprint density at radius 2 is 1.69 bits per heavy atom. The van der Waals surface area contributed by atoms with E-state index in [1.807, 2.05) is 28.6 Å². The van der Waals surface area contributed by atoms with E-state index in [4.69, 9.17) is 0 Å². The number of imidazole rings is 1. The number of piperazine rings is 1. The lowest BCUT2D eigenvalue weighted by atomic mass is 10.0. The van der Waals surface area contributed by atoms with Crippen molar-refractivity contribution < 1.29 is 4.79 Å². The fourth-order valence-corrected chi connectivity index (χ4v) is 5.00. The van der Waals surface area contributed by atoms with Crippen molar-refractivity contribution in [3.63, 3.8) is 0 Å². The van der Waals surface area contributed by atoms with Crippen molar-refractivity contribution in [3.8, 4) is 11.4 Å². The molecule has 2 heterocycles. The molecule has 2 aliphatic rings. The molecule has 29 heavy (non-hydrogen) atoms. The highest BCUT2D eigenvalue weighted by Crippen LogP contribution is 2.29. The second-order valence-corrected chi connectivity index (χ2v) is 8.32. The van der Waals surface area contributed by atoms with Gasteiger partial charge < -0.3 is 9.47 Å². The van der Waals surface area contributed by atoms with Crippen molar-refractivity contribution in [1.29, 1.82) is 0 Å². The van der Waals surface area contributed by atoms with Crippen LogP contribution < -0.4 is 0 Å². The van der Waals surface area contributed by atoms with E-state index in [0.717, 1.165) is 49.0 Å². The van der Waals surface area contributed by atoms with Crippen LogP contribution in [0.4, 0.5) is 0 Å². The number of amides is 1. The molecule has 0 N–H and O–H groups in total. The molecule has 0 unspecified atom stereocenters. The maximum absolute atomic E-state index is 13.2. The number of fused-ring (bicyclic) bond motifs is 1. The van der Waals surface area contributed by atoms with Crippen molar-refractivity contribution in [1.82, 2.24) is 19.4 Å². The number of aromatic nitrogens is 2. The predicted octanol–water partition coefficient (Wildman–Crippen LogP) is 3.94. The lowest BCUT2D eigenvalue weighted by molar-refractivity contribution is 0.0565. The first kappa shape index (κ1) is 18.4. The summed E-state index contributed by atoms with van der Waals surface area (Å²) in [6.45, 7) is 3.60. The summed E-state index contributed by atoms with van der Waals surface area (Å²) in [5.74, 6) is 0.937. The van der Waals surface area contributed by atoms with E-state index in [1.54, 1.807) is 6.20 Å². The third-order valence-electron chi connectivity index (χ3n) is 6.68. The summed E-state index contributed by atoms with van der Waals surface area (Å²) < 4.78 is 1.95. The molecule has 0 bridgehead atoms. The summed E-state index contributed by atoms with van der Waals surface area (Å²) in [4.78, 5) is 22.4. The van der Waals surface area contributed by atoms with Gasteiger partial charge in [-0.2, -0.15) is 0 Å². The van der Waals surface area contributed by atoms with Crippen LogP contribution in [0.5, 0.6) is 0 Å².